The number of nitrogens with one attached hydrogen (secondary N) is 2. The molecule has 0 spiro atoms. The Kier molecular flexibility index (Phi) is 6.62. The second kappa shape index (κ2) is 8.48. The maximum atomic E-state index is 11.6. The van der Waals surface area contributed by atoms with E-state index in [2.05, 4.69) is 58.9 Å². The van der Waals surface area contributed by atoms with Crippen LogP contribution in [0.1, 0.15) is 24.5 Å². The van der Waals surface area contributed by atoms with Crippen LogP contribution in [0.15, 0.2) is 29.3 Å². The van der Waals surface area contributed by atoms with E-state index in [1.54, 1.807) is 0 Å². The first kappa shape index (κ1) is 18.7. The van der Waals surface area contributed by atoms with Crippen LogP contribution >= 0.6 is 0 Å². The summed E-state index contributed by atoms with van der Waals surface area (Å²) in [4.78, 5) is 6.71. The molecule has 2 rings (SSSR count). The van der Waals surface area contributed by atoms with Gasteiger partial charge in [-0.15, -0.1) is 0 Å². The SMILES string of the molecule is CCNC(=NCc1ccc(CN(C)C)cc1)NC1CCS(=O)(=O)C1. The molecule has 0 radical (unpaired) electrons. The molecule has 0 saturated carbocycles. The maximum absolute atomic E-state index is 11.6. The van der Waals surface area contributed by atoms with Gasteiger partial charge in [-0.2, -0.15) is 0 Å². The van der Waals surface area contributed by atoms with Gasteiger partial charge in [0.1, 0.15) is 0 Å². The maximum Gasteiger partial charge on any atom is 0.191 e. The van der Waals surface area contributed by atoms with Gasteiger partial charge in [0.15, 0.2) is 15.8 Å². The highest BCUT2D eigenvalue weighted by atomic mass is 32.2. The Bertz CT molecular complexity index is 654. The lowest BCUT2D eigenvalue weighted by Gasteiger charge is -2.16. The van der Waals surface area contributed by atoms with Gasteiger partial charge in [0.2, 0.25) is 0 Å². The lowest BCUT2D eigenvalue weighted by atomic mass is 10.1. The average molecular weight is 353 g/mol. The third-order valence-electron chi connectivity index (χ3n) is 3.86. The van der Waals surface area contributed by atoms with E-state index < -0.39 is 9.84 Å². The van der Waals surface area contributed by atoms with E-state index in [1.165, 1.54) is 5.56 Å². The Balaban J connectivity index is 1.95. The zero-order valence-electron chi connectivity index (χ0n) is 14.7. The van der Waals surface area contributed by atoms with Gasteiger partial charge in [-0.3, -0.25) is 0 Å². The summed E-state index contributed by atoms with van der Waals surface area (Å²) in [5, 5.41) is 6.42. The molecule has 24 heavy (non-hydrogen) atoms. The molecule has 0 amide bonds. The topological polar surface area (TPSA) is 73.8 Å². The third-order valence-corrected chi connectivity index (χ3v) is 5.63. The monoisotopic (exact) mass is 352 g/mol. The molecule has 0 aliphatic carbocycles. The van der Waals surface area contributed by atoms with Gasteiger partial charge in [0.25, 0.3) is 0 Å². The number of nitrogens with zero attached hydrogens (tertiary/aromatic N) is 2. The summed E-state index contributed by atoms with van der Waals surface area (Å²) in [7, 11) is 1.22. The number of aliphatic imine (C=N–C) groups is 1. The predicted molar refractivity (Wildman–Crippen MR) is 98.8 cm³/mol. The molecule has 1 heterocycles. The van der Waals surface area contributed by atoms with E-state index in [0.29, 0.717) is 18.9 Å². The van der Waals surface area contributed by atoms with E-state index in [1.807, 2.05) is 6.92 Å². The van der Waals surface area contributed by atoms with Crippen molar-refractivity contribution in [3.8, 4) is 0 Å². The second-order valence-electron chi connectivity index (χ2n) is 6.49. The molecule has 2 N–H and O–H groups in total. The molecule has 1 atom stereocenters. The summed E-state index contributed by atoms with van der Waals surface area (Å²) in [6, 6.07) is 8.37. The molecule has 0 aromatic heterocycles. The van der Waals surface area contributed by atoms with Gasteiger partial charge in [-0.25, -0.2) is 13.4 Å². The van der Waals surface area contributed by atoms with E-state index >= 15 is 0 Å². The first-order valence-corrected chi connectivity index (χ1v) is 10.2. The second-order valence-corrected chi connectivity index (χ2v) is 8.72. The smallest absolute Gasteiger partial charge is 0.191 e. The summed E-state index contributed by atoms with van der Waals surface area (Å²) >= 11 is 0. The Hall–Kier alpha value is -1.60. The fourth-order valence-corrected chi connectivity index (χ4v) is 4.38. The quantitative estimate of drug-likeness (QED) is 0.590. The number of sulfone groups is 1. The largest absolute Gasteiger partial charge is 0.357 e. The van der Waals surface area contributed by atoms with Crippen molar-refractivity contribution in [2.24, 2.45) is 4.99 Å². The van der Waals surface area contributed by atoms with Crippen molar-refractivity contribution in [1.29, 1.82) is 0 Å². The van der Waals surface area contributed by atoms with Crippen molar-refractivity contribution in [3.05, 3.63) is 35.4 Å². The zero-order chi connectivity index (χ0) is 17.6. The standard InChI is InChI=1S/C17H28N4O2S/c1-4-18-17(20-16-9-10-24(22,23)13-16)19-11-14-5-7-15(8-6-14)12-21(2)3/h5-8,16H,4,9-13H2,1-3H3,(H2,18,19,20). The summed E-state index contributed by atoms with van der Waals surface area (Å²) in [6.07, 6.45) is 0.645. The molecular weight excluding hydrogens is 324 g/mol. The van der Waals surface area contributed by atoms with Crippen molar-refractivity contribution >= 4 is 15.8 Å². The first-order chi connectivity index (χ1) is 11.4. The van der Waals surface area contributed by atoms with E-state index in [0.717, 1.165) is 18.7 Å². The Morgan fingerprint density at radius 2 is 1.92 bits per heavy atom. The van der Waals surface area contributed by atoms with Crippen LogP contribution in [0.5, 0.6) is 0 Å². The van der Waals surface area contributed by atoms with Crippen LogP contribution in [-0.4, -0.2) is 57.5 Å². The van der Waals surface area contributed by atoms with Gasteiger partial charge in [-0.1, -0.05) is 24.3 Å². The highest BCUT2D eigenvalue weighted by molar-refractivity contribution is 7.91. The molecule has 1 aliphatic heterocycles. The highest BCUT2D eigenvalue weighted by Crippen LogP contribution is 2.11. The lowest BCUT2D eigenvalue weighted by Crippen LogP contribution is -2.44. The van der Waals surface area contributed by atoms with Crippen LogP contribution in [0.25, 0.3) is 0 Å². The molecule has 7 heteroatoms. The minimum absolute atomic E-state index is 0.0460. The number of hydrogen-bond donors (Lipinski definition) is 2. The number of rotatable bonds is 6. The Morgan fingerprint density at radius 3 is 2.46 bits per heavy atom. The minimum Gasteiger partial charge on any atom is -0.357 e. The lowest BCUT2D eigenvalue weighted by molar-refractivity contribution is 0.402. The van der Waals surface area contributed by atoms with E-state index in [-0.39, 0.29) is 17.5 Å². The molecule has 6 nitrogen and oxygen atoms in total. The predicted octanol–water partition coefficient (Wildman–Crippen LogP) is 0.990. The van der Waals surface area contributed by atoms with Gasteiger partial charge in [0.05, 0.1) is 18.1 Å². The molecule has 1 unspecified atom stereocenters. The molecule has 0 bridgehead atoms. The summed E-state index contributed by atoms with van der Waals surface area (Å²) < 4.78 is 23.1. The van der Waals surface area contributed by atoms with Crippen molar-refractivity contribution in [2.75, 3.05) is 32.1 Å². The van der Waals surface area contributed by atoms with Gasteiger partial charge in [-0.05, 0) is 38.6 Å². The molecule has 134 valence electrons. The van der Waals surface area contributed by atoms with Crippen LogP contribution in [-0.2, 0) is 22.9 Å². The summed E-state index contributed by atoms with van der Waals surface area (Å²) in [5.41, 5.74) is 2.41. The Morgan fingerprint density at radius 1 is 1.25 bits per heavy atom. The fourth-order valence-electron chi connectivity index (χ4n) is 2.71. The first-order valence-electron chi connectivity index (χ1n) is 8.36. The van der Waals surface area contributed by atoms with Gasteiger partial charge in [0, 0.05) is 19.1 Å². The van der Waals surface area contributed by atoms with Crippen LogP contribution in [0, 0.1) is 0 Å². The minimum atomic E-state index is -2.89. The zero-order valence-corrected chi connectivity index (χ0v) is 15.6. The molecule has 1 aliphatic rings. The van der Waals surface area contributed by atoms with Crippen molar-refractivity contribution < 1.29 is 8.42 Å². The third kappa shape index (κ3) is 6.13. The highest BCUT2D eigenvalue weighted by Gasteiger charge is 2.28. The molecule has 1 fully saturated rings. The fraction of sp³-hybridized carbons (Fsp3) is 0.588. The number of hydrogen-bond acceptors (Lipinski definition) is 4. The van der Waals surface area contributed by atoms with Gasteiger partial charge < -0.3 is 15.5 Å². The number of benzene rings is 1. The summed E-state index contributed by atoms with van der Waals surface area (Å²) in [5.74, 6) is 1.13. The summed E-state index contributed by atoms with van der Waals surface area (Å²) in [6.45, 7) is 4.23. The molecule has 1 saturated heterocycles. The van der Waals surface area contributed by atoms with Crippen LogP contribution < -0.4 is 10.6 Å². The van der Waals surface area contributed by atoms with Crippen molar-refractivity contribution in [1.82, 2.24) is 15.5 Å². The molecule has 1 aromatic carbocycles. The van der Waals surface area contributed by atoms with E-state index in [9.17, 15) is 8.42 Å². The van der Waals surface area contributed by atoms with Crippen molar-refractivity contribution in [3.63, 3.8) is 0 Å². The molecular formula is C17H28N4O2S. The van der Waals surface area contributed by atoms with Crippen molar-refractivity contribution in [2.45, 2.75) is 32.5 Å². The van der Waals surface area contributed by atoms with Crippen LogP contribution in [0.3, 0.4) is 0 Å². The van der Waals surface area contributed by atoms with Gasteiger partial charge >= 0.3 is 0 Å². The van der Waals surface area contributed by atoms with Crippen LogP contribution in [0.4, 0.5) is 0 Å². The van der Waals surface area contributed by atoms with Crippen LogP contribution in [0.2, 0.25) is 0 Å². The normalized spacial score (nSPS) is 20.3. The number of guanidine groups is 1. The van der Waals surface area contributed by atoms with E-state index in [4.69, 9.17) is 0 Å². The Labute approximate surface area is 145 Å². The molecule has 1 aromatic rings. The average Bonchev–Trinajstić information content (AvgIpc) is 2.85.